The van der Waals surface area contributed by atoms with E-state index in [4.69, 9.17) is 0 Å². The van der Waals surface area contributed by atoms with E-state index < -0.39 is 0 Å². The third-order valence-corrected chi connectivity index (χ3v) is 6.03. The van der Waals surface area contributed by atoms with Crippen LogP contribution in [0.15, 0.2) is 81.7 Å². The zero-order valence-corrected chi connectivity index (χ0v) is 15.3. The lowest BCUT2D eigenvalue weighted by atomic mass is 10.2. The van der Waals surface area contributed by atoms with Crippen LogP contribution in [0, 0.1) is 11.3 Å². The van der Waals surface area contributed by atoms with E-state index in [2.05, 4.69) is 11.1 Å². The Morgan fingerprint density at radius 1 is 1.04 bits per heavy atom. The van der Waals surface area contributed by atoms with E-state index in [1.807, 2.05) is 48.5 Å². The first-order valence-corrected chi connectivity index (χ1v) is 9.75. The highest BCUT2D eigenvalue weighted by Gasteiger charge is 2.27. The first-order chi connectivity index (χ1) is 12.8. The van der Waals surface area contributed by atoms with Gasteiger partial charge in [0.15, 0.2) is 0 Å². The average Bonchev–Trinajstić information content (AvgIpc) is 2.70. The van der Waals surface area contributed by atoms with Crippen molar-refractivity contribution in [1.29, 1.82) is 5.26 Å². The van der Waals surface area contributed by atoms with E-state index in [0.29, 0.717) is 10.6 Å². The van der Waals surface area contributed by atoms with Crippen LogP contribution in [-0.4, -0.2) is 16.6 Å². The summed E-state index contributed by atoms with van der Waals surface area (Å²) in [5.74, 6) is 0.170. The van der Waals surface area contributed by atoms with E-state index in [0.717, 1.165) is 21.2 Å². The number of carbonyl (C=O) groups is 1. The molecule has 1 amide bonds. The van der Waals surface area contributed by atoms with Gasteiger partial charge in [-0.05, 0) is 36.4 Å². The van der Waals surface area contributed by atoms with Crippen molar-refractivity contribution in [1.82, 2.24) is 4.98 Å². The molecule has 4 nitrogen and oxygen atoms in total. The number of amides is 1. The monoisotopic (exact) mass is 375 g/mol. The maximum atomic E-state index is 13.1. The van der Waals surface area contributed by atoms with Gasteiger partial charge in [-0.2, -0.15) is 5.26 Å². The molecule has 2 aromatic carbocycles. The van der Waals surface area contributed by atoms with Crippen LogP contribution in [0.4, 0.5) is 11.4 Å². The number of aromatic nitrogens is 1. The smallest absolute Gasteiger partial charge is 0.242 e. The quantitative estimate of drug-likeness (QED) is 0.611. The van der Waals surface area contributed by atoms with Crippen molar-refractivity contribution in [3.05, 3.63) is 72.4 Å². The van der Waals surface area contributed by atoms with Crippen LogP contribution in [0.5, 0.6) is 0 Å². The van der Waals surface area contributed by atoms with Gasteiger partial charge in [0.1, 0.15) is 11.1 Å². The molecule has 0 fully saturated rings. The Morgan fingerprint density at radius 3 is 2.35 bits per heavy atom. The van der Waals surface area contributed by atoms with Crippen molar-refractivity contribution in [3.8, 4) is 6.07 Å². The number of rotatable bonds is 3. The molecular formula is C20H13N3OS2. The number of para-hydroxylation sites is 2. The molecule has 0 spiro atoms. The fraction of sp³-hybridized carbons (Fsp3) is 0.0500. The predicted molar refractivity (Wildman–Crippen MR) is 104 cm³/mol. The summed E-state index contributed by atoms with van der Waals surface area (Å²) >= 11 is 2.96. The minimum atomic E-state index is -0.0373. The zero-order chi connectivity index (χ0) is 17.9. The lowest BCUT2D eigenvalue weighted by molar-refractivity contribution is -0.115. The van der Waals surface area contributed by atoms with Crippen LogP contribution < -0.4 is 4.90 Å². The van der Waals surface area contributed by atoms with Gasteiger partial charge in [-0.1, -0.05) is 47.8 Å². The highest BCUT2D eigenvalue weighted by Crippen LogP contribution is 2.48. The number of nitriles is 1. The molecule has 0 saturated carbocycles. The molecule has 0 radical (unpaired) electrons. The number of anilines is 2. The summed E-state index contributed by atoms with van der Waals surface area (Å²) in [6, 6.07) is 21.3. The average molecular weight is 375 g/mol. The number of fused-ring (bicyclic) bond motifs is 2. The van der Waals surface area contributed by atoms with Gasteiger partial charge >= 0.3 is 0 Å². The number of carbonyl (C=O) groups excluding carboxylic acids is 1. The second-order valence-corrected chi connectivity index (χ2v) is 7.57. The maximum absolute atomic E-state index is 13.1. The molecule has 2 heterocycles. The summed E-state index contributed by atoms with van der Waals surface area (Å²) in [5.41, 5.74) is 2.27. The Balaban J connectivity index is 1.65. The van der Waals surface area contributed by atoms with Crippen molar-refractivity contribution in [2.45, 2.75) is 14.8 Å². The zero-order valence-electron chi connectivity index (χ0n) is 13.6. The molecule has 0 saturated heterocycles. The molecule has 126 valence electrons. The number of hydrogen-bond acceptors (Lipinski definition) is 5. The summed E-state index contributed by atoms with van der Waals surface area (Å²) in [6.07, 6.45) is 1.63. The lowest BCUT2D eigenvalue weighted by Crippen LogP contribution is -2.30. The van der Waals surface area contributed by atoms with Gasteiger partial charge < -0.3 is 0 Å². The summed E-state index contributed by atoms with van der Waals surface area (Å²) < 4.78 is 0. The first kappa shape index (κ1) is 16.7. The Morgan fingerprint density at radius 2 is 1.69 bits per heavy atom. The molecule has 1 aliphatic heterocycles. The summed E-state index contributed by atoms with van der Waals surface area (Å²) in [6.45, 7) is 0. The Bertz CT molecular complexity index is 984. The summed E-state index contributed by atoms with van der Waals surface area (Å²) in [7, 11) is 0. The van der Waals surface area contributed by atoms with E-state index in [-0.39, 0.29) is 11.7 Å². The highest BCUT2D eigenvalue weighted by molar-refractivity contribution is 8.00. The largest absolute Gasteiger partial charge is 0.278 e. The van der Waals surface area contributed by atoms with Crippen LogP contribution >= 0.6 is 23.5 Å². The minimum absolute atomic E-state index is 0.0373. The maximum Gasteiger partial charge on any atom is 0.242 e. The van der Waals surface area contributed by atoms with Gasteiger partial charge in [-0.25, -0.2) is 4.98 Å². The van der Waals surface area contributed by atoms with Crippen molar-refractivity contribution >= 4 is 40.8 Å². The molecule has 26 heavy (non-hydrogen) atoms. The van der Waals surface area contributed by atoms with Crippen LogP contribution in [0.3, 0.4) is 0 Å². The third kappa shape index (κ3) is 3.07. The highest BCUT2D eigenvalue weighted by atomic mass is 32.2. The van der Waals surface area contributed by atoms with Gasteiger partial charge in [0.2, 0.25) is 5.91 Å². The Kier molecular flexibility index (Phi) is 4.65. The number of nitrogens with zero attached hydrogens (tertiary/aromatic N) is 3. The van der Waals surface area contributed by atoms with Gasteiger partial charge in [-0.15, -0.1) is 0 Å². The molecule has 0 atom stereocenters. The Hall–Kier alpha value is -2.75. The molecule has 1 aromatic heterocycles. The van der Waals surface area contributed by atoms with Crippen LogP contribution in [0.25, 0.3) is 0 Å². The van der Waals surface area contributed by atoms with Crippen LogP contribution in [0.2, 0.25) is 0 Å². The topological polar surface area (TPSA) is 57.0 Å². The summed E-state index contributed by atoms with van der Waals surface area (Å²) in [4.78, 5) is 21.2. The van der Waals surface area contributed by atoms with E-state index in [1.54, 1.807) is 35.0 Å². The molecule has 0 unspecified atom stereocenters. The van der Waals surface area contributed by atoms with Crippen molar-refractivity contribution in [2.75, 3.05) is 10.7 Å². The fourth-order valence-corrected chi connectivity index (χ4v) is 4.61. The van der Waals surface area contributed by atoms with Gasteiger partial charge in [-0.3, -0.25) is 9.69 Å². The van der Waals surface area contributed by atoms with Crippen LogP contribution in [-0.2, 0) is 4.79 Å². The van der Waals surface area contributed by atoms with E-state index in [1.165, 1.54) is 11.8 Å². The normalized spacial score (nSPS) is 12.0. The fourth-order valence-electron chi connectivity index (χ4n) is 2.76. The predicted octanol–water partition coefficient (Wildman–Crippen LogP) is 4.87. The van der Waals surface area contributed by atoms with Gasteiger partial charge in [0.25, 0.3) is 0 Å². The number of hydrogen-bond donors (Lipinski definition) is 0. The van der Waals surface area contributed by atoms with Crippen molar-refractivity contribution in [3.63, 3.8) is 0 Å². The standard InChI is InChI=1S/C20H13N3OS2/c21-12-14-6-5-11-22-20(14)25-13-19(24)23-15-7-1-3-9-17(15)26-18-10-4-2-8-16(18)23/h1-11H,13H2. The molecular weight excluding hydrogens is 362 g/mol. The first-order valence-electron chi connectivity index (χ1n) is 7.95. The molecule has 3 aromatic rings. The van der Waals surface area contributed by atoms with Crippen molar-refractivity contribution in [2.24, 2.45) is 0 Å². The molecule has 4 rings (SSSR count). The third-order valence-electron chi connectivity index (χ3n) is 3.91. The molecule has 0 bridgehead atoms. The molecule has 0 aliphatic carbocycles. The van der Waals surface area contributed by atoms with E-state index in [9.17, 15) is 10.1 Å². The van der Waals surface area contributed by atoms with Crippen LogP contribution in [0.1, 0.15) is 5.56 Å². The molecule has 6 heteroatoms. The van der Waals surface area contributed by atoms with Gasteiger partial charge in [0.05, 0.1) is 22.7 Å². The second-order valence-electron chi connectivity index (χ2n) is 5.52. The minimum Gasteiger partial charge on any atom is -0.278 e. The van der Waals surface area contributed by atoms with E-state index >= 15 is 0 Å². The van der Waals surface area contributed by atoms with Crippen molar-refractivity contribution < 1.29 is 4.79 Å². The molecule has 1 aliphatic rings. The number of benzene rings is 2. The lowest BCUT2D eigenvalue weighted by Gasteiger charge is -2.31. The van der Waals surface area contributed by atoms with Gasteiger partial charge in [0, 0.05) is 16.0 Å². The Labute approximate surface area is 159 Å². The summed E-state index contributed by atoms with van der Waals surface area (Å²) in [5, 5.41) is 9.77. The number of pyridine rings is 1. The molecule has 0 N–H and O–H groups in total. The number of thioether (sulfide) groups is 1. The second kappa shape index (κ2) is 7.24. The SMILES string of the molecule is N#Cc1cccnc1SCC(=O)N1c2ccccc2Sc2ccccc21.